The predicted molar refractivity (Wildman–Crippen MR) is 138 cm³/mol. The van der Waals surface area contributed by atoms with E-state index in [2.05, 4.69) is 5.32 Å². The van der Waals surface area contributed by atoms with Crippen LogP contribution in [-0.2, 0) is 27.4 Å². The van der Waals surface area contributed by atoms with E-state index in [9.17, 15) is 31.2 Å². The van der Waals surface area contributed by atoms with E-state index in [0.29, 0.717) is 11.1 Å². The van der Waals surface area contributed by atoms with E-state index in [1.54, 1.807) is 56.3 Å². The second-order valence-corrected chi connectivity index (χ2v) is 10.4. The Balaban J connectivity index is 1.92. The van der Waals surface area contributed by atoms with Gasteiger partial charge in [-0.05, 0) is 49.2 Å². The maximum Gasteiger partial charge on any atom is 0.417 e. The summed E-state index contributed by atoms with van der Waals surface area (Å²) in [5, 5.41) is 1.86. The number of aryl methyl sites for hydroxylation is 1. The molecule has 0 bridgehead atoms. The first-order valence-corrected chi connectivity index (χ1v) is 13.3. The number of carbonyl (C=O) groups is 2. The highest BCUT2D eigenvalue weighted by Crippen LogP contribution is 2.37. The van der Waals surface area contributed by atoms with Crippen LogP contribution in [0.4, 0.5) is 23.7 Å². The van der Waals surface area contributed by atoms with Gasteiger partial charge < -0.3 is 10.2 Å². The minimum absolute atomic E-state index is 0.0339. The lowest BCUT2D eigenvalue weighted by molar-refractivity contribution is -0.137. The number of carbonyl (C=O) groups excluding carboxylic acids is 2. The fourth-order valence-electron chi connectivity index (χ4n) is 3.82. The van der Waals surface area contributed by atoms with Crippen LogP contribution in [0.25, 0.3) is 0 Å². The zero-order valence-corrected chi connectivity index (χ0v) is 22.0. The molecule has 1 atom stereocenters. The van der Waals surface area contributed by atoms with Crippen molar-refractivity contribution in [2.24, 2.45) is 0 Å². The van der Waals surface area contributed by atoms with Gasteiger partial charge in [-0.25, -0.2) is 17.9 Å². The zero-order valence-electron chi connectivity index (χ0n) is 20.4. The molecule has 2 N–H and O–H groups in total. The van der Waals surface area contributed by atoms with Gasteiger partial charge in [0.05, 0.1) is 15.5 Å². The highest BCUT2D eigenvalue weighted by molar-refractivity contribution is 7.90. The lowest BCUT2D eigenvalue weighted by Gasteiger charge is -2.28. The fourth-order valence-corrected chi connectivity index (χ4v) is 5.21. The smallest absolute Gasteiger partial charge is 0.325 e. The van der Waals surface area contributed by atoms with Crippen molar-refractivity contribution in [3.63, 3.8) is 0 Å². The third-order valence-corrected chi connectivity index (χ3v) is 7.47. The largest absolute Gasteiger partial charge is 0.417 e. The molecule has 3 aromatic carbocycles. The average Bonchev–Trinajstić information content (AvgIpc) is 2.84. The first kappa shape index (κ1) is 29.0. The van der Waals surface area contributed by atoms with Gasteiger partial charge in [0.15, 0.2) is 0 Å². The Hall–Kier alpha value is -3.57. The van der Waals surface area contributed by atoms with Crippen LogP contribution in [0.3, 0.4) is 0 Å². The van der Waals surface area contributed by atoms with Crippen molar-refractivity contribution in [2.75, 3.05) is 11.4 Å². The normalized spacial score (nSPS) is 12.5. The van der Waals surface area contributed by atoms with Crippen molar-refractivity contribution >= 4 is 39.2 Å². The summed E-state index contributed by atoms with van der Waals surface area (Å²) < 4.78 is 67.7. The van der Waals surface area contributed by atoms with Crippen LogP contribution in [0, 0.1) is 6.92 Å². The maximum atomic E-state index is 13.6. The van der Waals surface area contributed by atoms with Crippen molar-refractivity contribution in [1.29, 1.82) is 0 Å². The Morgan fingerprint density at radius 1 is 1.00 bits per heavy atom. The van der Waals surface area contributed by atoms with Gasteiger partial charge in [0.2, 0.25) is 5.91 Å². The average molecular weight is 568 g/mol. The quantitative estimate of drug-likeness (QED) is 0.385. The van der Waals surface area contributed by atoms with Gasteiger partial charge in [-0.15, -0.1) is 0 Å². The maximum absolute atomic E-state index is 13.6. The van der Waals surface area contributed by atoms with Crippen LogP contribution >= 0.6 is 11.6 Å². The molecule has 0 radical (unpaired) electrons. The molecule has 38 heavy (non-hydrogen) atoms. The molecule has 0 aliphatic carbocycles. The number of nitrogens with zero attached hydrogens (tertiary/aromatic N) is 1. The van der Waals surface area contributed by atoms with Gasteiger partial charge in [-0.2, -0.15) is 13.2 Å². The number of rotatable bonds is 8. The zero-order chi connectivity index (χ0) is 28.1. The van der Waals surface area contributed by atoms with Gasteiger partial charge in [0, 0.05) is 18.7 Å². The SMILES string of the molecule is CCN(C(=O)[C@H](Cc1ccccc1)NC(=O)NS(=O)(=O)c1ccccc1C)c1ccc(Cl)c(C(F)(F)F)c1. The van der Waals surface area contributed by atoms with Crippen LogP contribution < -0.4 is 14.9 Å². The number of hydrogen-bond acceptors (Lipinski definition) is 4. The molecule has 0 spiro atoms. The van der Waals surface area contributed by atoms with Crippen molar-refractivity contribution in [3.05, 3.63) is 94.5 Å². The van der Waals surface area contributed by atoms with Crippen molar-refractivity contribution in [2.45, 2.75) is 37.4 Å². The number of alkyl halides is 3. The molecule has 0 fully saturated rings. The van der Waals surface area contributed by atoms with Gasteiger partial charge in [-0.1, -0.05) is 60.1 Å². The number of nitrogens with one attached hydrogen (secondary N) is 2. The molecule has 202 valence electrons. The first-order chi connectivity index (χ1) is 17.8. The van der Waals surface area contributed by atoms with Crippen LogP contribution in [0.2, 0.25) is 5.02 Å². The number of sulfonamides is 1. The van der Waals surface area contributed by atoms with E-state index in [4.69, 9.17) is 11.6 Å². The lowest BCUT2D eigenvalue weighted by Crippen LogP contribution is -2.53. The standard InChI is InChI=1S/C26H25ClF3N3O4S/c1-3-33(19-13-14-21(27)20(16-19)26(28,29)30)24(34)22(15-18-10-5-4-6-11-18)31-25(35)32-38(36,37)23-12-8-7-9-17(23)2/h4-14,16,22H,3,15H2,1-2H3,(H2,31,32,35)/t22-/m0/s1. The first-order valence-electron chi connectivity index (χ1n) is 11.4. The van der Waals surface area contributed by atoms with E-state index in [1.807, 2.05) is 4.72 Å². The van der Waals surface area contributed by atoms with E-state index in [-0.39, 0.29) is 23.5 Å². The van der Waals surface area contributed by atoms with Crippen molar-refractivity contribution in [1.82, 2.24) is 10.0 Å². The van der Waals surface area contributed by atoms with Gasteiger partial charge >= 0.3 is 12.2 Å². The summed E-state index contributed by atoms with van der Waals surface area (Å²) in [6.45, 7) is 3.09. The topological polar surface area (TPSA) is 95.6 Å². The second-order valence-electron chi connectivity index (χ2n) is 8.33. The molecule has 0 aliphatic rings. The molecule has 0 saturated carbocycles. The van der Waals surface area contributed by atoms with Crippen molar-refractivity contribution < 1.29 is 31.2 Å². The van der Waals surface area contributed by atoms with Crippen molar-refractivity contribution in [3.8, 4) is 0 Å². The Bertz CT molecular complexity index is 1420. The van der Waals surface area contributed by atoms with E-state index < -0.39 is 44.8 Å². The van der Waals surface area contributed by atoms with Crippen LogP contribution in [0.1, 0.15) is 23.6 Å². The molecule has 0 aliphatic heterocycles. The van der Waals surface area contributed by atoms with Gasteiger partial charge in [0.1, 0.15) is 6.04 Å². The monoisotopic (exact) mass is 567 g/mol. The number of anilines is 1. The number of hydrogen-bond donors (Lipinski definition) is 2. The number of benzene rings is 3. The highest BCUT2D eigenvalue weighted by Gasteiger charge is 2.35. The summed E-state index contributed by atoms with van der Waals surface area (Å²) in [6, 6.07) is 15.2. The third kappa shape index (κ3) is 7.05. The summed E-state index contributed by atoms with van der Waals surface area (Å²) in [5.41, 5.74) is -0.152. The minimum Gasteiger partial charge on any atom is -0.325 e. The Morgan fingerprint density at radius 2 is 1.63 bits per heavy atom. The van der Waals surface area contributed by atoms with Gasteiger partial charge in [0.25, 0.3) is 10.0 Å². The molecule has 0 saturated heterocycles. The van der Waals surface area contributed by atoms with E-state index >= 15 is 0 Å². The molecule has 3 aromatic rings. The van der Waals surface area contributed by atoms with Crippen LogP contribution in [0.15, 0.2) is 77.7 Å². The molecule has 12 heteroatoms. The molecule has 3 amide bonds. The van der Waals surface area contributed by atoms with E-state index in [0.717, 1.165) is 17.0 Å². The summed E-state index contributed by atoms with van der Waals surface area (Å²) in [7, 11) is -4.27. The molecule has 7 nitrogen and oxygen atoms in total. The fraction of sp³-hybridized carbons (Fsp3) is 0.231. The molecular formula is C26H25ClF3N3O4S. The van der Waals surface area contributed by atoms with Gasteiger partial charge in [-0.3, -0.25) is 4.79 Å². The van der Waals surface area contributed by atoms with Crippen LogP contribution in [0.5, 0.6) is 0 Å². The Labute approximate surface area is 223 Å². The van der Waals surface area contributed by atoms with E-state index in [1.165, 1.54) is 18.2 Å². The predicted octanol–water partition coefficient (Wildman–Crippen LogP) is 5.32. The summed E-state index contributed by atoms with van der Waals surface area (Å²) in [4.78, 5) is 27.3. The molecular weight excluding hydrogens is 543 g/mol. The second kappa shape index (κ2) is 11.9. The summed E-state index contributed by atoms with van der Waals surface area (Å²) in [6.07, 6.45) is -4.80. The van der Waals surface area contributed by atoms with Crippen LogP contribution in [-0.4, -0.2) is 32.9 Å². The Kier molecular flexibility index (Phi) is 9.05. The molecule has 0 unspecified atom stereocenters. The Morgan fingerprint density at radius 3 is 2.24 bits per heavy atom. The minimum atomic E-state index is -4.75. The summed E-state index contributed by atoms with van der Waals surface area (Å²) >= 11 is 5.72. The molecule has 0 aromatic heterocycles. The number of likely N-dealkylation sites (N-methyl/N-ethyl adjacent to an activating group) is 1. The number of halogens is 4. The number of urea groups is 1. The number of amides is 3. The third-order valence-electron chi connectivity index (χ3n) is 5.65. The molecule has 0 heterocycles. The lowest BCUT2D eigenvalue weighted by atomic mass is 10.0. The highest BCUT2D eigenvalue weighted by atomic mass is 35.5. The summed E-state index contributed by atoms with van der Waals surface area (Å²) in [5.74, 6) is -0.741. The molecule has 3 rings (SSSR count).